The second-order valence-corrected chi connectivity index (χ2v) is 5.48. The molecule has 0 aromatic heterocycles. The van der Waals surface area contributed by atoms with Crippen molar-refractivity contribution in [3.05, 3.63) is 54.1 Å². The number of carbonyl (C=O) groups is 1. The summed E-state index contributed by atoms with van der Waals surface area (Å²) in [7, 11) is 0. The SMILES string of the molecule is NC(=O)c1ccc(OCCNCC(O)COc2cccc(N)c2)cc1. The van der Waals surface area contributed by atoms with E-state index >= 15 is 0 Å². The van der Waals surface area contributed by atoms with Crippen molar-refractivity contribution in [3.63, 3.8) is 0 Å². The minimum atomic E-state index is -0.642. The van der Waals surface area contributed by atoms with E-state index in [1.54, 1.807) is 48.5 Å². The molecule has 0 radical (unpaired) electrons. The molecule has 0 saturated heterocycles. The van der Waals surface area contributed by atoms with Crippen LogP contribution in [0, 0.1) is 0 Å². The van der Waals surface area contributed by atoms with E-state index in [0.29, 0.717) is 42.4 Å². The Balaban J connectivity index is 1.58. The fraction of sp³-hybridized carbons (Fsp3) is 0.278. The third-order valence-corrected chi connectivity index (χ3v) is 3.37. The summed E-state index contributed by atoms with van der Waals surface area (Å²) in [6.07, 6.45) is -0.642. The molecular weight excluding hydrogens is 322 g/mol. The fourth-order valence-electron chi connectivity index (χ4n) is 2.08. The van der Waals surface area contributed by atoms with Crippen LogP contribution in [0.2, 0.25) is 0 Å². The maximum atomic E-state index is 11.0. The second-order valence-electron chi connectivity index (χ2n) is 5.48. The van der Waals surface area contributed by atoms with Crippen LogP contribution < -0.4 is 26.3 Å². The van der Waals surface area contributed by atoms with E-state index in [2.05, 4.69) is 5.32 Å². The molecule has 0 saturated carbocycles. The van der Waals surface area contributed by atoms with Crippen LogP contribution in [-0.4, -0.2) is 43.4 Å². The monoisotopic (exact) mass is 345 g/mol. The Morgan fingerprint density at radius 2 is 1.88 bits per heavy atom. The smallest absolute Gasteiger partial charge is 0.248 e. The highest BCUT2D eigenvalue weighted by Crippen LogP contribution is 2.14. The van der Waals surface area contributed by atoms with Crippen molar-refractivity contribution in [2.24, 2.45) is 5.73 Å². The number of primary amides is 1. The maximum absolute atomic E-state index is 11.0. The molecule has 7 nitrogen and oxygen atoms in total. The number of ether oxygens (including phenoxy) is 2. The Kier molecular flexibility index (Phi) is 7.06. The zero-order valence-corrected chi connectivity index (χ0v) is 13.9. The minimum absolute atomic E-state index is 0.173. The zero-order chi connectivity index (χ0) is 18.1. The van der Waals surface area contributed by atoms with Crippen LogP contribution in [0.3, 0.4) is 0 Å². The Hall–Kier alpha value is -2.77. The van der Waals surface area contributed by atoms with Gasteiger partial charge < -0.3 is 31.4 Å². The van der Waals surface area contributed by atoms with Gasteiger partial charge in [-0.15, -0.1) is 0 Å². The lowest BCUT2D eigenvalue weighted by Gasteiger charge is -2.14. The predicted molar refractivity (Wildman–Crippen MR) is 95.7 cm³/mol. The van der Waals surface area contributed by atoms with Crippen molar-refractivity contribution in [2.75, 3.05) is 32.0 Å². The zero-order valence-electron chi connectivity index (χ0n) is 13.9. The topological polar surface area (TPSA) is 120 Å². The number of nitrogens with two attached hydrogens (primary N) is 2. The van der Waals surface area contributed by atoms with Crippen molar-refractivity contribution >= 4 is 11.6 Å². The van der Waals surface area contributed by atoms with Crippen molar-refractivity contribution in [1.82, 2.24) is 5.32 Å². The molecule has 2 rings (SSSR count). The van der Waals surface area contributed by atoms with E-state index in [0.717, 1.165) is 0 Å². The lowest BCUT2D eigenvalue weighted by molar-refractivity contribution is 0.1000. The van der Waals surface area contributed by atoms with Crippen LogP contribution in [0.15, 0.2) is 48.5 Å². The summed E-state index contributed by atoms with van der Waals surface area (Å²) in [5, 5.41) is 13.0. The van der Waals surface area contributed by atoms with Crippen molar-refractivity contribution in [3.8, 4) is 11.5 Å². The van der Waals surface area contributed by atoms with Crippen LogP contribution in [0.1, 0.15) is 10.4 Å². The molecular formula is C18H23N3O4. The number of aliphatic hydroxyl groups excluding tert-OH is 1. The molecule has 25 heavy (non-hydrogen) atoms. The van der Waals surface area contributed by atoms with Crippen LogP contribution in [0.4, 0.5) is 5.69 Å². The van der Waals surface area contributed by atoms with E-state index in [9.17, 15) is 9.90 Å². The van der Waals surface area contributed by atoms with Gasteiger partial charge >= 0.3 is 0 Å². The van der Waals surface area contributed by atoms with Gasteiger partial charge in [0.15, 0.2) is 0 Å². The van der Waals surface area contributed by atoms with E-state index in [1.807, 2.05) is 0 Å². The summed E-state index contributed by atoms with van der Waals surface area (Å²) in [6, 6.07) is 13.7. The molecule has 2 aromatic rings. The molecule has 6 N–H and O–H groups in total. The number of rotatable bonds is 10. The van der Waals surface area contributed by atoms with Gasteiger partial charge in [0.05, 0.1) is 0 Å². The van der Waals surface area contributed by atoms with Gasteiger partial charge in [-0.05, 0) is 36.4 Å². The summed E-state index contributed by atoms with van der Waals surface area (Å²) in [4.78, 5) is 11.0. The number of hydrogen-bond acceptors (Lipinski definition) is 6. The van der Waals surface area contributed by atoms with Crippen molar-refractivity contribution in [2.45, 2.75) is 6.10 Å². The molecule has 134 valence electrons. The first kappa shape index (κ1) is 18.6. The summed E-state index contributed by atoms with van der Waals surface area (Å²) in [6.45, 7) is 1.55. The highest BCUT2D eigenvalue weighted by atomic mass is 16.5. The van der Waals surface area contributed by atoms with Crippen molar-refractivity contribution in [1.29, 1.82) is 0 Å². The normalized spacial score (nSPS) is 11.7. The van der Waals surface area contributed by atoms with Gasteiger partial charge in [-0.25, -0.2) is 0 Å². The number of anilines is 1. The van der Waals surface area contributed by atoms with E-state index in [-0.39, 0.29) is 6.61 Å². The van der Waals surface area contributed by atoms with Gasteiger partial charge in [-0.2, -0.15) is 0 Å². The van der Waals surface area contributed by atoms with Gasteiger partial charge in [0, 0.05) is 30.4 Å². The molecule has 1 unspecified atom stereocenters. The lowest BCUT2D eigenvalue weighted by atomic mass is 10.2. The Morgan fingerprint density at radius 3 is 2.56 bits per heavy atom. The van der Waals surface area contributed by atoms with Crippen LogP contribution >= 0.6 is 0 Å². The molecule has 1 atom stereocenters. The minimum Gasteiger partial charge on any atom is -0.492 e. The first-order chi connectivity index (χ1) is 12.0. The number of aliphatic hydroxyl groups is 1. The van der Waals surface area contributed by atoms with Crippen molar-refractivity contribution < 1.29 is 19.4 Å². The Morgan fingerprint density at radius 1 is 1.12 bits per heavy atom. The number of benzene rings is 2. The van der Waals surface area contributed by atoms with E-state index in [4.69, 9.17) is 20.9 Å². The standard InChI is InChI=1S/C18H23N3O4/c19-14-2-1-3-17(10-14)25-12-15(22)11-21-8-9-24-16-6-4-13(5-7-16)18(20)23/h1-7,10,15,21-22H,8-9,11-12,19H2,(H2,20,23). The maximum Gasteiger partial charge on any atom is 0.248 e. The average molecular weight is 345 g/mol. The van der Waals surface area contributed by atoms with Crippen LogP contribution in [0.25, 0.3) is 0 Å². The first-order valence-corrected chi connectivity index (χ1v) is 7.94. The summed E-state index contributed by atoms with van der Waals surface area (Å²) >= 11 is 0. The highest BCUT2D eigenvalue weighted by molar-refractivity contribution is 5.92. The Labute approximate surface area is 146 Å². The summed E-state index contributed by atoms with van der Waals surface area (Å²) in [5.74, 6) is 0.807. The third kappa shape index (κ3) is 6.70. The molecule has 2 aromatic carbocycles. The van der Waals surface area contributed by atoms with Crippen LogP contribution in [-0.2, 0) is 0 Å². The molecule has 0 aliphatic heterocycles. The molecule has 0 aliphatic rings. The van der Waals surface area contributed by atoms with Gasteiger partial charge in [0.2, 0.25) is 5.91 Å². The Bertz CT molecular complexity index is 676. The molecule has 0 spiro atoms. The number of nitrogens with one attached hydrogen (secondary N) is 1. The van der Waals surface area contributed by atoms with Gasteiger partial charge in [0.1, 0.15) is 30.8 Å². The number of hydrogen-bond donors (Lipinski definition) is 4. The largest absolute Gasteiger partial charge is 0.492 e. The summed E-state index contributed by atoms with van der Waals surface area (Å²) < 4.78 is 11.0. The first-order valence-electron chi connectivity index (χ1n) is 7.94. The van der Waals surface area contributed by atoms with E-state index in [1.165, 1.54) is 0 Å². The van der Waals surface area contributed by atoms with Gasteiger partial charge in [0.25, 0.3) is 0 Å². The van der Waals surface area contributed by atoms with Gasteiger partial charge in [-0.3, -0.25) is 4.79 Å². The molecule has 7 heteroatoms. The predicted octanol–water partition coefficient (Wildman–Crippen LogP) is 0.776. The summed E-state index contributed by atoms with van der Waals surface area (Å²) in [5.41, 5.74) is 11.9. The molecule has 0 heterocycles. The number of amides is 1. The van der Waals surface area contributed by atoms with Crippen LogP contribution in [0.5, 0.6) is 11.5 Å². The molecule has 0 bridgehead atoms. The van der Waals surface area contributed by atoms with Gasteiger partial charge in [-0.1, -0.05) is 6.07 Å². The lowest BCUT2D eigenvalue weighted by Crippen LogP contribution is -2.33. The molecule has 1 amide bonds. The number of carbonyl (C=O) groups excluding carboxylic acids is 1. The quantitative estimate of drug-likeness (QED) is 0.373. The molecule has 0 aliphatic carbocycles. The molecule has 0 fully saturated rings. The van der Waals surface area contributed by atoms with E-state index < -0.39 is 12.0 Å². The number of nitrogen functional groups attached to an aromatic ring is 1. The fourth-order valence-corrected chi connectivity index (χ4v) is 2.08. The second kappa shape index (κ2) is 9.51. The highest BCUT2D eigenvalue weighted by Gasteiger charge is 2.05. The average Bonchev–Trinajstić information content (AvgIpc) is 2.60. The third-order valence-electron chi connectivity index (χ3n) is 3.37.